The number of hydrogen-bond donors (Lipinski definition) is 1. The van der Waals surface area contributed by atoms with Crippen molar-refractivity contribution in [2.75, 3.05) is 6.54 Å². The highest BCUT2D eigenvalue weighted by Gasteiger charge is 2.39. The molecule has 1 heterocycles. The van der Waals surface area contributed by atoms with Gasteiger partial charge in [0.25, 0.3) is 0 Å². The maximum absolute atomic E-state index is 3.51. The number of hydrogen-bond acceptors (Lipinski definition) is 1. The third-order valence-corrected chi connectivity index (χ3v) is 4.14. The Morgan fingerprint density at radius 1 is 1.24 bits per heavy atom. The van der Waals surface area contributed by atoms with Crippen LogP contribution in [0.3, 0.4) is 0 Å². The van der Waals surface area contributed by atoms with Crippen LogP contribution in [0.1, 0.15) is 57.2 Å². The van der Waals surface area contributed by atoms with Crippen LogP contribution in [0.15, 0.2) is 18.2 Å². The summed E-state index contributed by atoms with van der Waals surface area (Å²) in [5, 5.41) is 3.51. The molecule has 2 rings (SSSR count). The average molecular weight is 231 g/mol. The topological polar surface area (TPSA) is 12.0 Å². The third-order valence-electron chi connectivity index (χ3n) is 4.14. The second kappa shape index (κ2) is 3.84. The molecule has 1 aromatic rings. The normalized spacial score (nSPS) is 23.3. The van der Waals surface area contributed by atoms with Gasteiger partial charge in [-0.05, 0) is 42.9 Å². The van der Waals surface area contributed by atoms with Crippen LogP contribution >= 0.6 is 0 Å². The molecule has 1 nitrogen and oxygen atoms in total. The van der Waals surface area contributed by atoms with E-state index in [0.29, 0.717) is 5.92 Å². The van der Waals surface area contributed by atoms with Gasteiger partial charge in [0.2, 0.25) is 0 Å². The molecule has 0 spiro atoms. The highest BCUT2D eigenvalue weighted by molar-refractivity contribution is 5.39. The quantitative estimate of drug-likeness (QED) is 0.776. The molecule has 1 aromatic carbocycles. The summed E-state index contributed by atoms with van der Waals surface area (Å²) in [5.74, 6) is 0.663. The molecule has 1 heteroatoms. The molecule has 0 aromatic heterocycles. The molecule has 1 saturated heterocycles. The fourth-order valence-corrected chi connectivity index (χ4v) is 2.64. The maximum Gasteiger partial charge on any atom is 0.0206 e. The van der Waals surface area contributed by atoms with Gasteiger partial charge in [0.05, 0.1) is 0 Å². The van der Waals surface area contributed by atoms with Crippen molar-refractivity contribution in [1.29, 1.82) is 0 Å². The summed E-state index contributed by atoms with van der Waals surface area (Å²) in [6.07, 6.45) is 0. The number of benzene rings is 1. The Labute approximate surface area is 106 Å². The van der Waals surface area contributed by atoms with Crippen LogP contribution < -0.4 is 5.32 Å². The Balaban J connectivity index is 2.33. The lowest BCUT2D eigenvalue weighted by Gasteiger charge is -2.47. The second-order valence-electron chi connectivity index (χ2n) is 6.98. The van der Waals surface area contributed by atoms with Crippen molar-refractivity contribution < 1.29 is 0 Å². The van der Waals surface area contributed by atoms with Gasteiger partial charge < -0.3 is 5.32 Å². The molecule has 1 N–H and O–H groups in total. The molecule has 1 fully saturated rings. The lowest BCUT2D eigenvalue weighted by molar-refractivity contribution is 0.207. The Hall–Kier alpha value is -0.820. The van der Waals surface area contributed by atoms with Gasteiger partial charge in [-0.15, -0.1) is 0 Å². The van der Waals surface area contributed by atoms with Crippen molar-refractivity contribution in [1.82, 2.24) is 5.32 Å². The third kappa shape index (κ3) is 2.26. The molecule has 0 saturated carbocycles. The van der Waals surface area contributed by atoms with Crippen molar-refractivity contribution in [2.24, 2.45) is 0 Å². The van der Waals surface area contributed by atoms with Crippen LogP contribution in [0.5, 0.6) is 0 Å². The summed E-state index contributed by atoms with van der Waals surface area (Å²) in [4.78, 5) is 0. The number of aryl methyl sites for hydroxylation is 1. The van der Waals surface area contributed by atoms with E-state index in [4.69, 9.17) is 0 Å². The fourth-order valence-electron chi connectivity index (χ4n) is 2.64. The van der Waals surface area contributed by atoms with Crippen molar-refractivity contribution >= 4 is 0 Å². The van der Waals surface area contributed by atoms with Gasteiger partial charge in [-0.3, -0.25) is 0 Å². The van der Waals surface area contributed by atoms with Crippen LogP contribution in [0.25, 0.3) is 0 Å². The van der Waals surface area contributed by atoms with Crippen LogP contribution in [0, 0.1) is 6.92 Å². The Morgan fingerprint density at radius 3 is 2.24 bits per heavy atom. The second-order valence-corrected chi connectivity index (χ2v) is 6.98. The smallest absolute Gasteiger partial charge is 0.0206 e. The van der Waals surface area contributed by atoms with Crippen LogP contribution in [0.4, 0.5) is 0 Å². The number of rotatable bonds is 1. The van der Waals surface area contributed by atoms with E-state index in [0.717, 1.165) is 6.54 Å². The van der Waals surface area contributed by atoms with Crippen LogP contribution in [0.2, 0.25) is 0 Å². The summed E-state index contributed by atoms with van der Waals surface area (Å²) >= 11 is 0. The van der Waals surface area contributed by atoms with Crippen LogP contribution in [-0.4, -0.2) is 12.1 Å². The minimum Gasteiger partial charge on any atom is -0.310 e. The van der Waals surface area contributed by atoms with E-state index in [2.05, 4.69) is 65.1 Å². The molecule has 94 valence electrons. The van der Waals surface area contributed by atoms with Crippen molar-refractivity contribution in [2.45, 2.75) is 58.4 Å². The van der Waals surface area contributed by atoms with Gasteiger partial charge in [0, 0.05) is 18.0 Å². The first kappa shape index (κ1) is 12.6. The molecule has 17 heavy (non-hydrogen) atoms. The zero-order chi connectivity index (χ0) is 12.8. The highest BCUT2D eigenvalue weighted by atomic mass is 15.1. The minimum absolute atomic E-state index is 0.247. The first-order valence-electron chi connectivity index (χ1n) is 6.58. The summed E-state index contributed by atoms with van der Waals surface area (Å²) in [7, 11) is 0. The minimum atomic E-state index is 0.247. The summed E-state index contributed by atoms with van der Waals surface area (Å²) in [5.41, 5.74) is 4.90. The lowest BCUT2D eigenvalue weighted by atomic mass is 9.73. The van der Waals surface area contributed by atoms with Gasteiger partial charge >= 0.3 is 0 Å². The van der Waals surface area contributed by atoms with Gasteiger partial charge in [0.1, 0.15) is 0 Å². The lowest BCUT2D eigenvalue weighted by Crippen LogP contribution is -2.59. The maximum atomic E-state index is 3.51. The molecule has 0 aliphatic carbocycles. The predicted octanol–water partition coefficient (Wildman–Crippen LogP) is 3.76. The monoisotopic (exact) mass is 231 g/mol. The van der Waals surface area contributed by atoms with E-state index >= 15 is 0 Å². The van der Waals surface area contributed by atoms with Crippen LogP contribution in [-0.2, 0) is 5.41 Å². The van der Waals surface area contributed by atoms with Gasteiger partial charge in [-0.1, -0.05) is 39.0 Å². The van der Waals surface area contributed by atoms with Crippen molar-refractivity contribution in [3.8, 4) is 0 Å². The zero-order valence-corrected chi connectivity index (χ0v) is 12.0. The van der Waals surface area contributed by atoms with E-state index in [-0.39, 0.29) is 11.0 Å². The summed E-state index contributed by atoms with van der Waals surface area (Å²) in [6, 6.07) is 7.00. The average Bonchev–Trinajstić information content (AvgIpc) is 2.18. The zero-order valence-electron chi connectivity index (χ0n) is 12.0. The summed E-state index contributed by atoms with van der Waals surface area (Å²) < 4.78 is 0. The largest absolute Gasteiger partial charge is 0.310 e. The number of nitrogens with one attached hydrogen (secondary N) is 1. The van der Waals surface area contributed by atoms with Crippen molar-refractivity contribution in [3.63, 3.8) is 0 Å². The molecule has 1 unspecified atom stereocenters. The van der Waals surface area contributed by atoms with Crippen molar-refractivity contribution in [3.05, 3.63) is 34.9 Å². The molecule has 1 atom stereocenters. The van der Waals surface area contributed by atoms with E-state index in [1.807, 2.05) is 0 Å². The standard InChI is InChI=1S/C16H25N/c1-11-9-12(15(2,3)4)7-8-13(11)14-10-17-16(14,5)6/h7-9,14,17H,10H2,1-6H3. The molecule has 1 aliphatic rings. The first-order valence-corrected chi connectivity index (χ1v) is 6.58. The van der Waals surface area contributed by atoms with E-state index in [9.17, 15) is 0 Å². The fraction of sp³-hybridized carbons (Fsp3) is 0.625. The van der Waals surface area contributed by atoms with Gasteiger partial charge in [-0.25, -0.2) is 0 Å². The summed E-state index contributed by atoms with van der Waals surface area (Å²) in [6.45, 7) is 14.8. The Kier molecular flexibility index (Phi) is 2.86. The first-order chi connectivity index (χ1) is 7.72. The molecular weight excluding hydrogens is 206 g/mol. The van der Waals surface area contributed by atoms with Gasteiger partial charge in [-0.2, -0.15) is 0 Å². The predicted molar refractivity (Wildman–Crippen MR) is 74.7 cm³/mol. The van der Waals surface area contributed by atoms with E-state index in [1.54, 1.807) is 0 Å². The molecule has 0 bridgehead atoms. The van der Waals surface area contributed by atoms with Gasteiger partial charge in [0.15, 0.2) is 0 Å². The Bertz CT molecular complexity index is 424. The highest BCUT2D eigenvalue weighted by Crippen LogP contribution is 2.37. The van der Waals surface area contributed by atoms with E-state index < -0.39 is 0 Å². The molecular formula is C16H25N. The van der Waals surface area contributed by atoms with E-state index in [1.165, 1.54) is 16.7 Å². The Morgan fingerprint density at radius 2 is 1.88 bits per heavy atom. The molecule has 0 radical (unpaired) electrons. The SMILES string of the molecule is Cc1cc(C(C)(C)C)ccc1C1CNC1(C)C. The molecule has 1 aliphatic heterocycles. The molecule has 0 amide bonds.